The van der Waals surface area contributed by atoms with Crippen LogP contribution in [0.25, 0.3) is 0 Å². The summed E-state index contributed by atoms with van der Waals surface area (Å²) in [5.41, 5.74) is 7.12. The third-order valence-electron chi connectivity index (χ3n) is 3.49. The van der Waals surface area contributed by atoms with Crippen molar-refractivity contribution in [2.45, 2.75) is 49.6 Å². The summed E-state index contributed by atoms with van der Waals surface area (Å²) in [7, 11) is 0. The summed E-state index contributed by atoms with van der Waals surface area (Å²) in [6.45, 7) is 3.02. The lowest BCUT2D eigenvalue weighted by Crippen LogP contribution is -2.21. The van der Waals surface area contributed by atoms with Crippen molar-refractivity contribution in [3.05, 3.63) is 28.8 Å². The summed E-state index contributed by atoms with van der Waals surface area (Å²) in [6.07, 6.45) is 4.62. The number of halogens is 1. The van der Waals surface area contributed by atoms with E-state index in [2.05, 4.69) is 25.1 Å². The molecular weight excluding hydrogens is 278 g/mol. The van der Waals surface area contributed by atoms with Gasteiger partial charge in [-0.2, -0.15) is 0 Å². The Bertz CT molecular complexity index is 407. The number of thioether (sulfide) groups is 1. The molecule has 1 aromatic rings. The standard InChI is InChI=1S/C15H22ClNOS/c1-2-12(17)8-11-5-6-14(9-15(11)16)19-10-13-4-3-7-18-13/h5-6,9,12-13H,2-4,7-8,10,17H2,1H3. The average Bonchev–Trinajstić information content (AvgIpc) is 2.92. The van der Waals surface area contributed by atoms with Crippen molar-refractivity contribution in [2.24, 2.45) is 5.73 Å². The molecule has 0 aromatic heterocycles. The largest absolute Gasteiger partial charge is 0.377 e. The summed E-state index contributed by atoms with van der Waals surface area (Å²) in [5, 5.41) is 0.834. The van der Waals surface area contributed by atoms with E-state index < -0.39 is 0 Å². The predicted molar refractivity (Wildman–Crippen MR) is 83.1 cm³/mol. The fourth-order valence-corrected chi connectivity index (χ4v) is 3.50. The molecule has 0 radical (unpaired) electrons. The van der Waals surface area contributed by atoms with Crippen LogP contribution in [0.5, 0.6) is 0 Å². The van der Waals surface area contributed by atoms with Gasteiger partial charge in [0.05, 0.1) is 6.10 Å². The van der Waals surface area contributed by atoms with E-state index in [1.54, 1.807) is 0 Å². The summed E-state index contributed by atoms with van der Waals surface area (Å²) in [5.74, 6) is 1.02. The highest BCUT2D eigenvalue weighted by molar-refractivity contribution is 7.99. The molecule has 4 heteroatoms. The monoisotopic (exact) mass is 299 g/mol. The lowest BCUT2D eigenvalue weighted by molar-refractivity contribution is 0.129. The fourth-order valence-electron chi connectivity index (χ4n) is 2.18. The Labute approximate surface area is 125 Å². The predicted octanol–water partition coefficient (Wildman–Crippen LogP) is 3.89. The number of nitrogens with two attached hydrogens (primary N) is 1. The van der Waals surface area contributed by atoms with Gasteiger partial charge >= 0.3 is 0 Å². The highest BCUT2D eigenvalue weighted by atomic mass is 35.5. The van der Waals surface area contributed by atoms with Gasteiger partial charge in [-0.15, -0.1) is 11.8 Å². The van der Waals surface area contributed by atoms with Crippen LogP contribution in [-0.4, -0.2) is 24.5 Å². The highest BCUT2D eigenvalue weighted by Crippen LogP contribution is 2.28. The van der Waals surface area contributed by atoms with Gasteiger partial charge in [-0.3, -0.25) is 0 Å². The zero-order chi connectivity index (χ0) is 13.7. The Morgan fingerprint density at radius 1 is 1.53 bits per heavy atom. The van der Waals surface area contributed by atoms with Gasteiger partial charge in [0, 0.05) is 28.3 Å². The lowest BCUT2D eigenvalue weighted by Gasteiger charge is -2.12. The summed E-state index contributed by atoms with van der Waals surface area (Å²) < 4.78 is 5.63. The van der Waals surface area contributed by atoms with Crippen LogP contribution in [0.3, 0.4) is 0 Å². The highest BCUT2D eigenvalue weighted by Gasteiger charge is 2.15. The molecule has 2 unspecified atom stereocenters. The smallest absolute Gasteiger partial charge is 0.0669 e. The maximum atomic E-state index is 6.33. The molecule has 106 valence electrons. The zero-order valence-electron chi connectivity index (χ0n) is 11.4. The van der Waals surface area contributed by atoms with E-state index in [9.17, 15) is 0 Å². The van der Waals surface area contributed by atoms with Gasteiger partial charge in [0.15, 0.2) is 0 Å². The Morgan fingerprint density at radius 2 is 2.37 bits per heavy atom. The van der Waals surface area contributed by atoms with Crippen LogP contribution in [-0.2, 0) is 11.2 Å². The van der Waals surface area contributed by atoms with Crippen molar-refractivity contribution in [3.8, 4) is 0 Å². The van der Waals surface area contributed by atoms with Crippen LogP contribution in [0.15, 0.2) is 23.1 Å². The zero-order valence-corrected chi connectivity index (χ0v) is 13.0. The minimum absolute atomic E-state index is 0.197. The Kier molecular flexibility index (Phi) is 6.02. The number of rotatable bonds is 6. The Morgan fingerprint density at radius 3 is 3.00 bits per heavy atom. The molecule has 2 nitrogen and oxygen atoms in total. The molecule has 2 atom stereocenters. The fraction of sp³-hybridized carbons (Fsp3) is 0.600. The first-order valence-corrected chi connectivity index (χ1v) is 8.33. The minimum atomic E-state index is 0.197. The van der Waals surface area contributed by atoms with Crippen molar-refractivity contribution < 1.29 is 4.74 Å². The van der Waals surface area contributed by atoms with Crippen LogP contribution < -0.4 is 5.73 Å². The summed E-state index contributed by atoms with van der Waals surface area (Å²) in [6, 6.07) is 6.50. The second-order valence-electron chi connectivity index (χ2n) is 5.07. The molecule has 19 heavy (non-hydrogen) atoms. The van der Waals surface area contributed by atoms with Crippen molar-refractivity contribution in [1.29, 1.82) is 0 Å². The summed E-state index contributed by atoms with van der Waals surface area (Å²) >= 11 is 8.15. The third kappa shape index (κ3) is 4.67. The van der Waals surface area contributed by atoms with E-state index in [4.69, 9.17) is 22.1 Å². The van der Waals surface area contributed by atoms with E-state index in [0.29, 0.717) is 6.10 Å². The molecule has 2 N–H and O–H groups in total. The second kappa shape index (κ2) is 7.53. The van der Waals surface area contributed by atoms with Gasteiger partial charge in [-0.1, -0.05) is 24.6 Å². The van der Waals surface area contributed by atoms with Crippen LogP contribution in [0.4, 0.5) is 0 Å². The molecule has 1 heterocycles. The van der Waals surface area contributed by atoms with E-state index in [-0.39, 0.29) is 6.04 Å². The third-order valence-corrected chi connectivity index (χ3v) is 4.97. The van der Waals surface area contributed by atoms with Crippen molar-refractivity contribution >= 4 is 23.4 Å². The van der Waals surface area contributed by atoms with Crippen LogP contribution >= 0.6 is 23.4 Å². The van der Waals surface area contributed by atoms with Gasteiger partial charge < -0.3 is 10.5 Å². The molecule has 0 amide bonds. The van der Waals surface area contributed by atoms with Gasteiger partial charge in [-0.25, -0.2) is 0 Å². The van der Waals surface area contributed by atoms with E-state index in [1.807, 2.05) is 11.8 Å². The SMILES string of the molecule is CCC(N)Cc1ccc(SCC2CCCO2)cc1Cl. The second-order valence-corrected chi connectivity index (χ2v) is 6.57. The molecule has 2 rings (SSSR count). The first-order chi connectivity index (χ1) is 9.19. The van der Waals surface area contributed by atoms with Crippen LogP contribution in [0.2, 0.25) is 5.02 Å². The number of hydrogen-bond donors (Lipinski definition) is 1. The number of ether oxygens (including phenoxy) is 1. The first-order valence-electron chi connectivity index (χ1n) is 6.97. The summed E-state index contributed by atoms with van der Waals surface area (Å²) in [4.78, 5) is 1.22. The normalized spacial score (nSPS) is 20.7. The molecule has 1 saturated heterocycles. The van der Waals surface area contributed by atoms with Gasteiger partial charge in [-0.05, 0) is 43.4 Å². The first kappa shape index (κ1) is 15.2. The Hall–Kier alpha value is -0.220. The lowest BCUT2D eigenvalue weighted by atomic mass is 10.1. The van der Waals surface area contributed by atoms with E-state index >= 15 is 0 Å². The minimum Gasteiger partial charge on any atom is -0.377 e. The number of benzene rings is 1. The van der Waals surface area contributed by atoms with Crippen LogP contribution in [0, 0.1) is 0 Å². The van der Waals surface area contributed by atoms with Gasteiger partial charge in [0.2, 0.25) is 0 Å². The van der Waals surface area contributed by atoms with Gasteiger partial charge in [0.25, 0.3) is 0 Å². The van der Waals surface area contributed by atoms with Crippen LogP contribution in [0.1, 0.15) is 31.7 Å². The molecule has 0 bridgehead atoms. The Balaban J connectivity index is 1.90. The quantitative estimate of drug-likeness (QED) is 0.809. The topological polar surface area (TPSA) is 35.2 Å². The van der Waals surface area contributed by atoms with Crippen molar-refractivity contribution in [1.82, 2.24) is 0 Å². The maximum absolute atomic E-state index is 6.33. The maximum Gasteiger partial charge on any atom is 0.0669 e. The van der Waals surface area contributed by atoms with Gasteiger partial charge in [0.1, 0.15) is 0 Å². The molecule has 0 saturated carbocycles. The molecule has 0 spiro atoms. The van der Waals surface area contributed by atoms with Crippen molar-refractivity contribution in [3.63, 3.8) is 0 Å². The molecule has 1 aromatic carbocycles. The molecular formula is C15H22ClNOS. The molecule has 1 aliphatic rings. The molecule has 0 aliphatic carbocycles. The number of hydrogen-bond acceptors (Lipinski definition) is 3. The average molecular weight is 300 g/mol. The van der Waals surface area contributed by atoms with E-state index in [1.165, 1.54) is 17.7 Å². The van der Waals surface area contributed by atoms with E-state index in [0.717, 1.165) is 35.8 Å². The molecule has 1 aliphatic heterocycles. The van der Waals surface area contributed by atoms with Crippen molar-refractivity contribution in [2.75, 3.05) is 12.4 Å². The molecule has 1 fully saturated rings.